The van der Waals surface area contributed by atoms with Crippen LogP contribution in [0.3, 0.4) is 0 Å². The summed E-state index contributed by atoms with van der Waals surface area (Å²) in [5, 5.41) is 3.88. The highest BCUT2D eigenvalue weighted by Crippen LogP contribution is 1.86. The second-order valence-corrected chi connectivity index (χ2v) is 2.43. The van der Waals surface area contributed by atoms with Crippen molar-refractivity contribution in [1.82, 2.24) is 10.4 Å². The average molecular weight is 198 g/mol. The van der Waals surface area contributed by atoms with Gasteiger partial charge in [0.25, 0.3) is 0 Å². The van der Waals surface area contributed by atoms with E-state index in [-0.39, 0.29) is 10.6 Å². The molecule has 0 aliphatic rings. The molecule has 0 spiro atoms. The molecular weight excluding hydrogens is 188 g/mol. The Labute approximate surface area is 81.0 Å². The molecule has 0 saturated carbocycles. The van der Waals surface area contributed by atoms with E-state index in [0.29, 0.717) is 0 Å². The summed E-state index contributed by atoms with van der Waals surface area (Å²) in [4.78, 5) is 4.00. The first-order chi connectivity index (χ1) is 5.79. The Morgan fingerprint density at radius 3 is 2.92 bits per heavy atom. The maximum Gasteiger partial charge on any atom is 0.184 e. The summed E-state index contributed by atoms with van der Waals surface area (Å²) in [5.41, 5.74) is 8.33. The highest BCUT2D eigenvalue weighted by atomic mass is 32.1. The molecule has 0 bridgehead atoms. The van der Waals surface area contributed by atoms with Gasteiger partial charge in [0.1, 0.15) is 0 Å². The molecule has 0 atom stereocenters. The van der Waals surface area contributed by atoms with Crippen LogP contribution in [0.2, 0.25) is 0 Å². The molecule has 70 valence electrons. The van der Waals surface area contributed by atoms with E-state index in [0.717, 1.165) is 5.69 Å². The van der Waals surface area contributed by atoms with E-state index in [9.17, 15) is 0 Å². The van der Waals surface area contributed by atoms with E-state index in [1.807, 2.05) is 18.2 Å². The molecule has 0 aromatic carbocycles. The number of aromatic nitrogens is 1. The fraction of sp³-hybridized carbons (Fsp3) is 0. The minimum absolute atomic E-state index is 0. The number of nitrogens with zero attached hydrogens (tertiary/aromatic N) is 2. The summed E-state index contributed by atoms with van der Waals surface area (Å²) in [5.74, 6) is 0. The van der Waals surface area contributed by atoms with Gasteiger partial charge in [-0.2, -0.15) is 5.10 Å². The van der Waals surface area contributed by atoms with Crippen LogP contribution in [0.15, 0.2) is 29.5 Å². The van der Waals surface area contributed by atoms with Gasteiger partial charge in [-0.3, -0.25) is 10.4 Å². The Hall–Kier alpha value is -1.53. The Balaban J connectivity index is 0.00000144. The molecule has 0 radical (unpaired) electrons. The molecule has 6 heteroatoms. The van der Waals surface area contributed by atoms with E-state index in [1.165, 1.54) is 0 Å². The zero-order valence-electron chi connectivity index (χ0n) is 6.77. The van der Waals surface area contributed by atoms with E-state index in [4.69, 9.17) is 5.73 Å². The largest absolute Gasteiger partial charge is 0.412 e. The smallest absolute Gasteiger partial charge is 0.184 e. The van der Waals surface area contributed by atoms with Gasteiger partial charge < -0.3 is 11.2 Å². The van der Waals surface area contributed by atoms with Crippen molar-refractivity contribution in [2.24, 2.45) is 10.8 Å². The lowest BCUT2D eigenvalue weighted by Crippen LogP contribution is -2.24. The molecule has 13 heavy (non-hydrogen) atoms. The molecular formula is C7H10N4OS. The summed E-state index contributed by atoms with van der Waals surface area (Å²) < 4.78 is 0. The SMILES string of the molecule is NC(=S)N/N=C/c1ccccn1.O. The van der Waals surface area contributed by atoms with Crippen LogP contribution < -0.4 is 11.2 Å². The molecule has 5 nitrogen and oxygen atoms in total. The highest BCUT2D eigenvalue weighted by molar-refractivity contribution is 7.80. The number of hydrogen-bond acceptors (Lipinski definition) is 3. The Morgan fingerprint density at radius 1 is 1.62 bits per heavy atom. The lowest BCUT2D eigenvalue weighted by atomic mass is 10.4. The predicted molar refractivity (Wildman–Crippen MR) is 55.4 cm³/mol. The first kappa shape index (κ1) is 11.5. The van der Waals surface area contributed by atoms with Crippen molar-refractivity contribution >= 4 is 23.5 Å². The van der Waals surface area contributed by atoms with E-state index >= 15 is 0 Å². The number of hydrazone groups is 1. The van der Waals surface area contributed by atoms with Crippen LogP contribution in [0.4, 0.5) is 0 Å². The first-order valence-corrected chi connectivity index (χ1v) is 3.69. The van der Waals surface area contributed by atoms with Crippen LogP contribution in [-0.4, -0.2) is 21.8 Å². The minimum Gasteiger partial charge on any atom is -0.412 e. The van der Waals surface area contributed by atoms with E-state index in [2.05, 4.69) is 27.7 Å². The van der Waals surface area contributed by atoms with Crippen molar-refractivity contribution in [2.45, 2.75) is 0 Å². The molecule has 5 N–H and O–H groups in total. The molecule has 1 aromatic rings. The minimum atomic E-state index is 0. The quantitative estimate of drug-likeness (QED) is 0.378. The molecule has 0 aliphatic heterocycles. The topological polar surface area (TPSA) is 94.8 Å². The normalized spacial score (nSPS) is 9.23. The monoisotopic (exact) mass is 198 g/mol. The van der Waals surface area contributed by atoms with Gasteiger partial charge in [0.15, 0.2) is 5.11 Å². The van der Waals surface area contributed by atoms with Gasteiger partial charge in [0.2, 0.25) is 0 Å². The molecule has 0 amide bonds. The summed E-state index contributed by atoms with van der Waals surface area (Å²) in [6, 6.07) is 5.53. The molecule has 1 rings (SSSR count). The van der Waals surface area contributed by atoms with Crippen molar-refractivity contribution < 1.29 is 5.48 Å². The van der Waals surface area contributed by atoms with Gasteiger partial charge in [0.05, 0.1) is 11.9 Å². The van der Waals surface area contributed by atoms with E-state index in [1.54, 1.807) is 12.4 Å². The van der Waals surface area contributed by atoms with Crippen LogP contribution in [0, 0.1) is 0 Å². The number of nitrogens with one attached hydrogen (secondary N) is 1. The fourth-order valence-electron chi connectivity index (χ4n) is 0.614. The van der Waals surface area contributed by atoms with Crippen LogP contribution >= 0.6 is 12.2 Å². The maximum absolute atomic E-state index is 5.14. The second-order valence-electron chi connectivity index (χ2n) is 1.99. The Kier molecular flexibility index (Phi) is 5.33. The summed E-state index contributed by atoms with van der Waals surface area (Å²) >= 11 is 4.54. The van der Waals surface area contributed by atoms with Crippen molar-refractivity contribution in [2.75, 3.05) is 0 Å². The summed E-state index contributed by atoms with van der Waals surface area (Å²) in [6.07, 6.45) is 3.22. The number of rotatable bonds is 2. The highest BCUT2D eigenvalue weighted by Gasteiger charge is 1.84. The van der Waals surface area contributed by atoms with E-state index < -0.39 is 0 Å². The molecule has 1 heterocycles. The summed E-state index contributed by atoms with van der Waals surface area (Å²) in [7, 11) is 0. The van der Waals surface area contributed by atoms with Crippen LogP contribution in [0.5, 0.6) is 0 Å². The average Bonchev–Trinajstić information content (AvgIpc) is 2.05. The first-order valence-electron chi connectivity index (χ1n) is 3.28. The van der Waals surface area contributed by atoms with Crippen molar-refractivity contribution in [3.63, 3.8) is 0 Å². The fourth-order valence-corrected chi connectivity index (χ4v) is 0.667. The Bertz CT molecular complexity index is 288. The maximum atomic E-state index is 5.14. The van der Waals surface area contributed by atoms with Crippen LogP contribution in [0.25, 0.3) is 0 Å². The standard InChI is InChI=1S/C7H8N4S.H2O/c8-7(12)11-10-5-6-3-1-2-4-9-6;/h1-5H,(H3,8,11,12);1H2/b10-5+;. The van der Waals surface area contributed by atoms with Gasteiger partial charge in [-0.1, -0.05) is 6.07 Å². The zero-order chi connectivity index (χ0) is 8.81. The third kappa shape index (κ3) is 4.83. The lowest BCUT2D eigenvalue weighted by molar-refractivity contribution is 0.824. The molecule has 0 aliphatic carbocycles. The number of thiocarbonyl (C=S) groups is 1. The Morgan fingerprint density at radius 2 is 2.38 bits per heavy atom. The second kappa shape index (κ2) is 6.04. The van der Waals surface area contributed by atoms with Crippen LogP contribution in [-0.2, 0) is 0 Å². The predicted octanol–water partition coefficient (Wildman–Crippen LogP) is -0.576. The molecule has 1 aromatic heterocycles. The van der Waals surface area contributed by atoms with Crippen molar-refractivity contribution in [1.29, 1.82) is 0 Å². The summed E-state index contributed by atoms with van der Waals surface area (Å²) in [6.45, 7) is 0. The number of pyridine rings is 1. The molecule has 0 saturated heterocycles. The number of nitrogens with two attached hydrogens (primary N) is 1. The third-order valence-electron chi connectivity index (χ3n) is 1.06. The third-order valence-corrected chi connectivity index (χ3v) is 1.15. The van der Waals surface area contributed by atoms with Gasteiger partial charge in [-0.15, -0.1) is 0 Å². The van der Waals surface area contributed by atoms with Gasteiger partial charge >= 0.3 is 0 Å². The van der Waals surface area contributed by atoms with Gasteiger partial charge in [-0.05, 0) is 24.4 Å². The lowest BCUT2D eigenvalue weighted by Gasteiger charge is -1.92. The zero-order valence-corrected chi connectivity index (χ0v) is 7.58. The van der Waals surface area contributed by atoms with Crippen molar-refractivity contribution in [3.8, 4) is 0 Å². The molecule has 0 unspecified atom stereocenters. The van der Waals surface area contributed by atoms with Gasteiger partial charge in [0, 0.05) is 6.20 Å². The number of hydrogen-bond donors (Lipinski definition) is 2. The van der Waals surface area contributed by atoms with Gasteiger partial charge in [-0.25, -0.2) is 0 Å². The van der Waals surface area contributed by atoms with Crippen LogP contribution in [0.1, 0.15) is 5.69 Å². The van der Waals surface area contributed by atoms with Crippen molar-refractivity contribution in [3.05, 3.63) is 30.1 Å². The molecule has 0 fully saturated rings.